The van der Waals surface area contributed by atoms with Gasteiger partial charge in [0, 0.05) is 38.3 Å². The maximum atomic E-state index is 12.6. The zero-order chi connectivity index (χ0) is 19.6. The summed E-state index contributed by atoms with van der Waals surface area (Å²) < 4.78 is 43.4. The minimum Gasteiger partial charge on any atom is -0.375 e. The number of carbonyl (C=O) groups is 2. The van der Waals surface area contributed by atoms with Crippen LogP contribution in [-0.2, 0) is 15.7 Å². The van der Waals surface area contributed by atoms with E-state index in [2.05, 4.69) is 5.32 Å². The molecule has 2 aliphatic heterocycles. The summed E-state index contributed by atoms with van der Waals surface area (Å²) in [5.41, 5.74) is -0.579. The Kier molecular flexibility index (Phi) is 5.71. The van der Waals surface area contributed by atoms with Gasteiger partial charge in [-0.1, -0.05) is 0 Å². The lowest BCUT2D eigenvalue weighted by atomic mass is 10.1. The van der Waals surface area contributed by atoms with Crippen molar-refractivity contribution in [3.05, 3.63) is 35.4 Å². The van der Waals surface area contributed by atoms with Crippen LogP contribution in [0.3, 0.4) is 0 Å². The van der Waals surface area contributed by atoms with E-state index >= 15 is 0 Å². The molecule has 2 saturated heterocycles. The van der Waals surface area contributed by atoms with Gasteiger partial charge >= 0.3 is 6.18 Å². The molecule has 0 saturated carbocycles. The van der Waals surface area contributed by atoms with Gasteiger partial charge in [0.1, 0.15) is 6.04 Å². The van der Waals surface area contributed by atoms with Crippen molar-refractivity contribution in [1.82, 2.24) is 15.1 Å². The van der Waals surface area contributed by atoms with Gasteiger partial charge in [-0.05, 0) is 31.2 Å². The van der Waals surface area contributed by atoms with Gasteiger partial charge in [0.25, 0.3) is 5.91 Å². The monoisotopic (exact) mass is 385 g/mol. The van der Waals surface area contributed by atoms with E-state index in [-0.39, 0.29) is 23.5 Å². The Morgan fingerprint density at radius 3 is 2.22 bits per heavy atom. The van der Waals surface area contributed by atoms with Crippen LogP contribution in [-0.4, -0.2) is 73.1 Å². The number of benzene rings is 1. The number of alkyl halides is 3. The Morgan fingerprint density at radius 1 is 1.07 bits per heavy atom. The summed E-state index contributed by atoms with van der Waals surface area (Å²) in [5, 5.41) is 3.15. The number of carbonyl (C=O) groups excluding carboxylic acids is 2. The van der Waals surface area contributed by atoms with Crippen molar-refractivity contribution >= 4 is 11.8 Å². The van der Waals surface area contributed by atoms with Crippen molar-refractivity contribution in [2.24, 2.45) is 0 Å². The molecule has 2 heterocycles. The lowest BCUT2D eigenvalue weighted by Crippen LogP contribution is -2.60. The second kappa shape index (κ2) is 7.85. The Bertz CT molecular complexity index is 685. The molecule has 0 bridgehead atoms. The molecule has 0 unspecified atom stereocenters. The molecule has 0 radical (unpaired) electrons. The van der Waals surface area contributed by atoms with Crippen molar-refractivity contribution < 1.29 is 27.5 Å². The molecule has 148 valence electrons. The molecule has 2 atom stereocenters. The fourth-order valence-electron chi connectivity index (χ4n) is 3.32. The van der Waals surface area contributed by atoms with Crippen LogP contribution in [0.2, 0.25) is 0 Å². The molecule has 2 fully saturated rings. The maximum Gasteiger partial charge on any atom is 0.416 e. The topological polar surface area (TPSA) is 61.9 Å². The first kappa shape index (κ1) is 19.6. The fourth-order valence-corrected chi connectivity index (χ4v) is 3.32. The van der Waals surface area contributed by atoms with Crippen LogP contribution in [0.4, 0.5) is 13.2 Å². The molecule has 3 rings (SSSR count). The summed E-state index contributed by atoms with van der Waals surface area (Å²) in [6.07, 6.45) is -4.64. The van der Waals surface area contributed by atoms with E-state index in [9.17, 15) is 22.8 Å². The normalized spacial score (nSPS) is 24.0. The Hall–Kier alpha value is -2.13. The summed E-state index contributed by atoms with van der Waals surface area (Å²) >= 11 is 0. The van der Waals surface area contributed by atoms with E-state index < -0.39 is 17.8 Å². The third kappa shape index (κ3) is 4.41. The highest BCUT2D eigenvalue weighted by Crippen LogP contribution is 2.29. The van der Waals surface area contributed by atoms with E-state index in [1.54, 1.807) is 9.80 Å². The molecule has 9 heteroatoms. The highest BCUT2D eigenvalue weighted by Gasteiger charge is 2.34. The van der Waals surface area contributed by atoms with E-state index in [1.807, 2.05) is 6.92 Å². The molecule has 6 nitrogen and oxygen atoms in total. The van der Waals surface area contributed by atoms with Gasteiger partial charge < -0.3 is 19.9 Å². The molecule has 1 N–H and O–H groups in total. The SMILES string of the molecule is C[C@H]1OCCN[C@@H]1C(=O)N1CCN(C(=O)c2ccc(C(F)(F)F)cc2)CC1. The number of piperazine rings is 1. The van der Waals surface area contributed by atoms with Gasteiger partial charge in [-0.15, -0.1) is 0 Å². The second-order valence-electron chi connectivity index (χ2n) is 6.70. The zero-order valence-electron chi connectivity index (χ0n) is 15.0. The molecule has 1 aromatic rings. The quantitative estimate of drug-likeness (QED) is 0.835. The van der Waals surface area contributed by atoms with Crippen LogP contribution in [0.15, 0.2) is 24.3 Å². The van der Waals surface area contributed by atoms with Gasteiger partial charge in [-0.3, -0.25) is 9.59 Å². The van der Waals surface area contributed by atoms with Crippen LogP contribution in [0, 0.1) is 0 Å². The number of halogens is 3. The van der Waals surface area contributed by atoms with Crippen LogP contribution < -0.4 is 5.32 Å². The fraction of sp³-hybridized carbons (Fsp3) is 0.556. The Balaban J connectivity index is 1.57. The molecule has 0 aliphatic carbocycles. The Labute approximate surface area is 155 Å². The predicted octanol–water partition coefficient (Wildman–Crippen LogP) is 1.37. The Morgan fingerprint density at radius 2 is 1.67 bits per heavy atom. The van der Waals surface area contributed by atoms with Crippen LogP contribution in [0.25, 0.3) is 0 Å². The first-order valence-electron chi connectivity index (χ1n) is 8.87. The van der Waals surface area contributed by atoms with E-state index in [0.29, 0.717) is 39.3 Å². The smallest absolute Gasteiger partial charge is 0.375 e. The van der Waals surface area contributed by atoms with Gasteiger partial charge in [-0.25, -0.2) is 0 Å². The summed E-state index contributed by atoms with van der Waals surface area (Å²) in [4.78, 5) is 28.4. The molecular weight excluding hydrogens is 363 g/mol. The standard InChI is InChI=1S/C18H22F3N3O3/c1-12-15(22-6-11-27-12)17(26)24-9-7-23(8-10-24)16(25)13-2-4-14(5-3-13)18(19,20)21/h2-5,12,15,22H,6-11H2,1H3/t12-,15+/m1/s1. The average molecular weight is 385 g/mol. The number of amides is 2. The van der Waals surface area contributed by atoms with Gasteiger partial charge in [0.2, 0.25) is 5.91 Å². The lowest BCUT2D eigenvalue weighted by Gasteiger charge is -2.38. The third-order valence-corrected chi connectivity index (χ3v) is 4.92. The lowest BCUT2D eigenvalue weighted by molar-refractivity contribution is -0.141. The molecular formula is C18H22F3N3O3. The largest absolute Gasteiger partial charge is 0.416 e. The summed E-state index contributed by atoms with van der Waals surface area (Å²) in [5.74, 6) is -0.382. The van der Waals surface area contributed by atoms with Gasteiger partial charge in [0.05, 0.1) is 18.3 Å². The van der Waals surface area contributed by atoms with Crippen molar-refractivity contribution in [1.29, 1.82) is 0 Å². The van der Waals surface area contributed by atoms with Crippen molar-refractivity contribution in [3.8, 4) is 0 Å². The second-order valence-corrected chi connectivity index (χ2v) is 6.70. The third-order valence-electron chi connectivity index (χ3n) is 4.92. The minimum absolute atomic E-state index is 0.0520. The zero-order valence-corrected chi connectivity index (χ0v) is 15.0. The number of morpholine rings is 1. The van der Waals surface area contributed by atoms with Crippen molar-refractivity contribution in [3.63, 3.8) is 0 Å². The first-order chi connectivity index (χ1) is 12.8. The first-order valence-corrected chi connectivity index (χ1v) is 8.87. The van der Waals surface area contributed by atoms with Crippen LogP contribution in [0.1, 0.15) is 22.8 Å². The summed E-state index contributed by atoms with van der Waals surface area (Å²) in [7, 11) is 0. The summed E-state index contributed by atoms with van der Waals surface area (Å²) in [6, 6.07) is 3.80. The van der Waals surface area contributed by atoms with Crippen molar-refractivity contribution in [2.45, 2.75) is 25.2 Å². The van der Waals surface area contributed by atoms with Gasteiger partial charge in [0.15, 0.2) is 0 Å². The van der Waals surface area contributed by atoms with E-state index in [1.165, 1.54) is 12.1 Å². The highest BCUT2D eigenvalue weighted by atomic mass is 19.4. The molecule has 1 aromatic carbocycles. The molecule has 2 amide bonds. The van der Waals surface area contributed by atoms with Crippen molar-refractivity contribution in [2.75, 3.05) is 39.3 Å². The molecule has 0 spiro atoms. The van der Waals surface area contributed by atoms with E-state index in [0.717, 1.165) is 12.1 Å². The molecule has 0 aromatic heterocycles. The predicted molar refractivity (Wildman–Crippen MR) is 91.1 cm³/mol. The number of hydrogen-bond donors (Lipinski definition) is 1. The number of nitrogens with one attached hydrogen (secondary N) is 1. The molecule has 27 heavy (non-hydrogen) atoms. The van der Waals surface area contributed by atoms with Crippen LogP contribution >= 0.6 is 0 Å². The van der Waals surface area contributed by atoms with Crippen LogP contribution in [0.5, 0.6) is 0 Å². The summed E-state index contributed by atoms with van der Waals surface area (Å²) in [6.45, 7) is 4.49. The number of hydrogen-bond acceptors (Lipinski definition) is 4. The highest BCUT2D eigenvalue weighted by molar-refractivity contribution is 5.94. The average Bonchev–Trinajstić information content (AvgIpc) is 2.67. The number of ether oxygens (including phenoxy) is 1. The van der Waals surface area contributed by atoms with E-state index in [4.69, 9.17) is 4.74 Å². The maximum absolute atomic E-state index is 12.6. The minimum atomic E-state index is -4.43. The number of rotatable bonds is 2. The number of nitrogens with zero attached hydrogens (tertiary/aromatic N) is 2. The van der Waals surface area contributed by atoms with Gasteiger partial charge in [-0.2, -0.15) is 13.2 Å². The molecule has 2 aliphatic rings.